The number of para-hydroxylation sites is 1. The molecule has 0 atom stereocenters. The van der Waals surface area contributed by atoms with Crippen molar-refractivity contribution in [2.75, 3.05) is 43.5 Å². The fourth-order valence-corrected chi connectivity index (χ4v) is 5.20. The quantitative estimate of drug-likeness (QED) is 0.180. The van der Waals surface area contributed by atoms with E-state index in [4.69, 9.17) is 9.47 Å². The average molecular weight is 571 g/mol. The van der Waals surface area contributed by atoms with Crippen molar-refractivity contribution in [1.82, 2.24) is 5.32 Å². The summed E-state index contributed by atoms with van der Waals surface area (Å²) in [7, 11) is -1.43. The van der Waals surface area contributed by atoms with Crippen LogP contribution in [0.4, 0.5) is 17.1 Å². The van der Waals surface area contributed by atoms with E-state index >= 15 is 0 Å². The molecule has 0 aliphatic heterocycles. The first-order chi connectivity index (χ1) is 19.1. The van der Waals surface area contributed by atoms with Gasteiger partial charge < -0.3 is 20.1 Å². The number of benzene rings is 3. The highest BCUT2D eigenvalue weighted by molar-refractivity contribution is 7.92. The van der Waals surface area contributed by atoms with Crippen molar-refractivity contribution in [3.05, 3.63) is 88.0 Å². The highest BCUT2D eigenvalue weighted by atomic mass is 32.2. The molecule has 3 rings (SSSR count). The van der Waals surface area contributed by atoms with Gasteiger partial charge in [-0.3, -0.25) is 24.0 Å². The van der Waals surface area contributed by atoms with Crippen molar-refractivity contribution in [3.63, 3.8) is 0 Å². The van der Waals surface area contributed by atoms with E-state index in [-0.39, 0.29) is 33.1 Å². The maximum Gasteiger partial charge on any atom is 0.273 e. The zero-order valence-electron chi connectivity index (χ0n) is 22.2. The highest BCUT2D eigenvalue weighted by Crippen LogP contribution is 2.29. The molecular weight excluding hydrogens is 540 g/mol. The second-order valence-electron chi connectivity index (χ2n) is 8.61. The Bertz CT molecular complexity index is 1480. The number of methoxy groups -OCH3 is 2. The molecule has 40 heavy (non-hydrogen) atoms. The number of nitrogens with one attached hydrogen (secondary N) is 2. The van der Waals surface area contributed by atoms with Gasteiger partial charge in [0.15, 0.2) is 0 Å². The topological polar surface area (TPSA) is 157 Å². The van der Waals surface area contributed by atoms with Gasteiger partial charge in [-0.25, -0.2) is 8.42 Å². The van der Waals surface area contributed by atoms with E-state index in [0.717, 1.165) is 10.4 Å². The minimum Gasteiger partial charge on any atom is -0.497 e. The molecule has 3 aromatic rings. The van der Waals surface area contributed by atoms with Crippen LogP contribution in [-0.4, -0.2) is 59.1 Å². The van der Waals surface area contributed by atoms with Gasteiger partial charge in [-0.1, -0.05) is 18.2 Å². The molecule has 0 spiro atoms. The van der Waals surface area contributed by atoms with Crippen LogP contribution in [0.1, 0.15) is 22.3 Å². The van der Waals surface area contributed by atoms with Crippen LogP contribution in [0.3, 0.4) is 0 Å². The number of ether oxygens (including phenoxy) is 2. The maximum atomic E-state index is 13.7. The first kappa shape index (κ1) is 30.1. The molecule has 0 bridgehead atoms. The lowest BCUT2D eigenvalue weighted by molar-refractivity contribution is -0.385. The van der Waals surface area contributed by atoms with E-state index in [2.05, 4.69) is 10.6 Å². The van der Waals surface area contributed by atoms with Crippen LogP contribution in [0, 0.1) is 17.0 Å². The van der Waals surface area contributed by atoms with Crippen LogP contribution in [0.5, 0.6) is 5.75 Å². The number of carbonyl (C=O) groups is 2. The summed E-state index contributed by atoms with van der Waals surface area (Å²) >= 11 is 0. The van der Waals surface area contributed by atoms with Gasteiger partial charge in [0.05, 0.1) is 33.9 Å². The van der Waals surface area contributed by atoms with Crippen molar-refractivity contribution in [2.45, 2.75) is 18.2 Å². The molecule has 0 aromatic heterocycles. The first-order valence-corrected chi connectivity index (χ1v) is 13.6. The summed E-state index contributed by atoms with van der Waals surface area (Å²) in [6, 6.07) is 15.8. The van der Waals surface area contributed by atoms with E-state index in [1.165, 1.54) is 62.6 Å². The molecule has 0 unspecified atom stereocenters. The van der Waals surface area contributed by atoms with Gasteiger partial charge >= 0.3 is 0 Å². The molecule has 212 valence electrons. The number of nitro benzene ring substituents is 1. The van der Waals surface area contributed by atoms with E-state index < -0.39 is 33.3 Å². The SMILES string of the molecule is COCCCNC(=O)c1ccccc1NC(=O)CN(c1ccc(OC)cc1)S(=O)(=O)c1ccc(C)c([N+](=O)[O-])c1. The molecule has 2 amide bonds. The van der Waals surface area contributed by atoms with Gasteiger partial charge in [0.2, 0.25) is 5.91 Å². The minimum atomic E-state index is -4.44. The van der Waals surface area contributed by atoms with E-state index in [1.807, 2.05) is 0 Å². The molecule has 0 radical (unpaired) electrons. The Morgan fingerprint density at radius 1 is 1.02 bits per heavy atom. The zero-order valence-corrected chi connectivity index (χ0v) is 23.1. The Kier molecular flexibility index (Phi) is 10.2. The summed E-state index contributed by atoms with van der Waals surface area (Å²) in [4.78, 5) is 36.3. The highest BCUT2D eigenvalue weighted by Gasteiger charge is 2.29. The van der Waals surface area contributed by atoms with Crippen LogP contribution in [0.15, 0.2) is 71.6 Å². The largest absolute Gasteiger partial charge is 0.497 e. The number of nitrogens with zero attached hydrogens (tertiary/aromatic N) is 2. The summed E-state index contributed by atoms with van der Waals surface area (Å²) in [5.74, 6) is -0.693. The average Bonchev–Trinajstić information content (AvgIpc) is 2.94. The van der Waals surface area contributed by atoms with Gasteiger partial charge in [-0.05, 0) is 55.8 Å². The van der Waals surface area contributed by atoms with Crippen LogP contribution in [0.2, 0.25) is 0 Å². The number of nitro groups is 1. The van der Waals surface area contributed by atoms with Crippen molar-refractivity contribution in [2.24, 2.45) is 0 Å². The lowest BCUT2D eigenvalue weighted by atomic mass is 10.1. The normalized spacial score (nSPS) is 11.0. The minimum absolute atomic E-state index is 0.128. The first-order valence-electron chi connectivity index (χ1n) is 12.2. The van der Waals surface area contributed by atoms with Gasteiger partial charge in [-0.15, -0.1) is 0 Å². The van der Waals surface area contributed by atoms with Gasteiger partial charge in [0.1, 0.15) is 12.3 Å². The smallest absolute Gasteiger partial charge is 0.273 e. The van der Waals surface area contributed by atoms with Crippen LogP contribution < -0.4 is 19.7 Å². The summed E-state index contributed by atoms with van der Waals surface area (Å²) in [6.45, 7) is 1.65. The maximum absolute atomic E-state index is 13.7. The number of sulfonamides is 1. The summed E-state index contributed by atoms with van der Waals surface area (Å²) in [5, 5.41) is 16.8. The Morgan fingerprint density at radius 3 is 2.38 bits per heavy atom. The second-order valence-corrected chi connectivity index (χ2v) is 10.5. The fraction of sp³-hybridized carbons (Fsp3) is 0.259. The Morgan fingerprint density at radius 2 is 1.73 bits per heavy atom. The molecule has 0 heterocycles. The summed E-state index contributed by atoms with van der Waals surface area (Å²) in [6.07, 6.45) is 0.600. The second kappa shape index (κ2) is 13.5. The monoisotopic (exact) mass is 570 g/mol. The standard InChI is InChI=1S/C27H30N4O8S/c1-19-9-14-22(17-25(19)31(34)35)40(36,37)30(20-10-12-21(39-3)13-11-20)18-26(32)29-24-8-5-4-7-23(24)27(33)28-15-6-16-38-2/h4-5,7-14,17H,6,15-16,18H2,1-3H3,(H,28,33)(H,29,32). The lowest BCUT2D eigenvalue weighted by Crippen LogP contribution is -2.38. The number of hydrogen-bond donors (Lipinski definition) is 2. The van der Waals surface area contributed by atoms with Crippen LogP contribution in [-0.2, 0) is 19.6 Å². The summed E-state index contributed by atoms with van der Waals surface area (Å²) < 4.78 is 38.4. The van der Waals surface area contributed by atoms with E-state index in [1.54, 1.807) is 19.2 Å². The molecule has 0 fully saturated rings. The molecule has 0 saturated heterocycles. The molecule has 3 aromatic carbocycles. The fourth-order valence-electron chi connectivity index (χ4n) is 3.76. The molecule has 0 aliphatic carbocycles. The van der Waals surface area contributed by atoms with E-state index in [0.29, 0.717) is 25.3 Å². The third-order valence-corrected chi connectivity index (χ3v) is 7.64. The number of carbonyl (C=O) groups excluding carboxylic acids is 2. The molecule has 0 saturated carbocycles. The number of amides is 2. The Labute approximate surface area is 232 Å². The van der Waals surface area contributed by atoms with Crippen molar-refractivity contribution in [1.29, 1.82) is 0 Å². The van der Waals surface area contributed by atoms with Crippen LogP contribution in [0.25, 0.3) is 0 Å². The van der Waals surface area contributed by atoms with Gasteiger partial charge in [-0.2, -0.15) is 0 Å². The third kappa shape index (κ3) is 7.33. The van der Waals surface area contributed by atoms with Crippen LogP contribution >= 0.6 is 0 Å². The number of anilines is 2. The van der Waals surface area contributed by atoms with Crippen molar-refractivity contribution < 1.29 is 32.4 Å². The predicted molar refractivity (Wildman–Crippen MR) is 149 cm³/mol. The number of rotatable bonds is 13. The molecule has 13 heteroatoms. The molecular formula is C27H30N4O8S. The van der Waals surface area contributed by atoms with Gasteiger partial charge in [0.25, 0.3) is 21.6 Å². The Hall–Kier alpha value is -4.49. The van der Waals surface area contributed by atoms with Crippen molar-refractivity contribution in [3.8, 4) is 5.75 Å². The van der Waals surface area contributed by atoms with Crippen molar-refractivity contribution >= 4 is 38.9 Å². The summed E-state index contributed by atoms with van der Waals surface area (Å²) in [5.41, 5.74) is 0.430. The zero-order chi connectivity index (χ0) is 29.3. The molecule has 2 N–H and O–H groups in total. The molecule has 0 aliphatic rings. The number of aryl methyl sites for hydroxylation is 1. The Balaban J connectivity index is 1.93. The number of hydrogen-bond acceptors (Lipinski definition) is 8. The predicted octanol–water partition coefficient (Wildman–Crippen LogP) is 3.51. The molecule has 12 nitrogen and oxygen atoms in total. The van der Waals surface area contributed by atoms with Gasteiger partial charge in [0, 0.05) is 31.9 Å². The lowest BCUT2D eigenvalue weighted by Gasteiger charge is -2.24. The van der Waals surface area contributed by atoms with E-state index in [9.17, 15) is 28.1 Å². The third-order valence-electron chi connectivity index (χ3n) is 5.87.